The van der Waals surface area contributed by atoms with Crippen LogP contribution >= 0.6 is 23.2 Å². The Labute approximate surface area is 148 Å². The number of benzene rings is 2. The van der Waals surface area contributed by atoms with Crippen molar-refractivity contribution in [2.75, 3.05) is 6.61 Å². The molecule has 2 aromatic carbocycles. The summed E-state index contributed by atoms with van der Waals surface area (Å²) in [7, 11) is 0. The molecule has 0 bridgehead atoms. The van der Waals surface area contributed by atoms with E-state index < -0.39 is 10.9 Å². The van der Waals surface area contributed by atoms with Gasteiger partial charge in [0.05, 0.1) is 18.0 Å². The molecule has 0 saturated carbocycles. The molecule has 0 spiro atoms. The van der Waals surface area contributed by atoms with Crippen LogP contribution in [0.15, 0.2) is 36.4 Å². The van der Waals surface area contributed by atoms with Gasteiger partial charge in [-0.05, 0) is 31.2 Å². The average Bonchev–Trinajstić information content (AvgIpc) is 2.46. The molecule has 0 amide bonds. The van der Waals surface area contributed by atoms with Crippen molar-refractivity contribution < 1.29 is 19.2 Å². The summed E-state index contributed by atoms with van der Waals surface area (Å²) in [6, 6.07) is 8.95. The van der Waals surface area contributed by atoms with Gasteiger partial charge in [0.15, 0.2) is 0 Å². The number of ether oxygens (including phenoxy) is 2. The molecule has 0 unspecified atom stereocenters. The summed E-state index contributed by atoms with van der Waals surface area (Å²) in [6.45, 7) is 1.86. The van der Waals surface area contributed by atoms with Crippen molar-refractivity contribution in [3.05, 3.63) is 62.1 Å². The van der Waals surface area contributed by atoms with E-state index in [1.165, 1.54) is 30.3 Å². The highest BCUT2D eigenvalue weighted by Crippen LogP contribution is 2.36. The molecule has 6 nitrogen and oxygen atoms in total. The minimum absolute atomic E-state index is 0.0138. The number of esters is 1. The van der Waals surface area contributed by atoms with Crippen LogP contribution in [0, 0.1) is 10.1 Å². The molecule has 0 saturated heterocycles. The molecule has 24 heavy (non-hydrogen) atoms. The fourth-order valence-electron chi connectivity index (χ4n) is 2.08. The molecule has 0 heterocycles. The van der Waals surface area contributed by atoms with Gasteiger partial charge >= 0.3 is 11.7 Å². The first-order valence-electron chi connectivity index (χ1n) is 6.96. The fourth-order valence-corrected chi connectivity index (χ4v) is 2.59. The van der Waals surface area contributed by atoms with E-state index in [2.05, 4.69) is 0 Å². The SMILES string of the molecule is CCOC(=O)Cc1cccc(Oc2cc(Cl)cc(Cl)c2)c1[N+](=O)[O-]. The van der Waals surface area contributed by atoms with Gasteiger partial charge in [-0.3, -0.25) is 14.9 Å². The minimum atomic E-state index is -0.601. The van der Waals surface area contributed by atoms with Crippen molar-refractivity contribution in [3.8, 4) is 11.5 Å². The van der Waals surface area contributed by atoms with Crippen LogP contribution in [-0.4, -0.2) is 17.5 Å². The number of hydrogen-bond donors (Lipinski definition) is 0. The Bertz CT molecular complexity index is 759. The molecule has 0 aliphatic rings. The van der Waals surface area contributed by atoms with Crippen molar-refractivity contribution in [2.45, 2.75) is 13.3 Å². The number of nitro groups is 1. The number of hydrogen-bond acceptors (Lipinski definition) is 5. The third-order valence-electron chi connectivity index (χ3n) is 2.97. The van der Waals surface area contributed by atoms with E-state index in [9.17, 15) is 14.9 Å². The second-order valence-corrected chi connectivity index (χ2v) is 5.58. The molecule has 0 N–H and O–H groups in total. The lowest BCUT2D eigenvalue weighted by atomic mass is 10.1. The molecular formula is C16H13Cl2NO5. The Balaban J connectivity index is 2.39. The Morgan fingerprint density at radius 2 is 1.88 bits per heavy atom. The van der Waals surface area contributed by atoms with Gasteiger partial charge in [0.25, 0.3) is 0 Å². The predicted molar refractivity (Wildman–Crippen MR) is 90.0 cm³/mol. The van der Waals surface area contributed by atoms with E-state index >= 15 is 0 Å². The van der Waals surface area contributed by atoms with Crippen LogP contribution in [0.4, 0.5) is 5.69 Å². The standard InChI is InChI=1S/C16H13Cl2NO5/c1-2-23-15(20)6-10-4-3-5-14(16(10)19(21)22)24-13-8-11(17)7-12(18)9-13/h3-5,7-9H,2,6H2,1H3. The number of nitro benzene ring substituents is 1. The lowest BCUT2D eigenvalue weighted by Gasteiger charge is -2.10. The third-order valence-corrected chi connectivity index (χ3v) is 3.41. The van der Waals surface area contributed by atoms with Crippen LogP contribution in [0.5, 0.6) is 11.5 Å². The molecule has 0 aromatic heterocycles. The quantitative estimate of drug-likeness (QED) is 0.415. The second-order valence-electron chi connectivity index (χ2n) is 4.71. The van der Waals surface area contributed by atoms with E-state index in [1.54, 1.807) is 13.0 Å². The van der Waals surface area contributed by atoms with Gasteiger partial charge < -0.3 is 9.47 Å². The summed E-state index contributed by atoms with van der Waals surface area (Å²) >= 11 is 11.8. The van der Waals surface area contributed by atoms with E-state index in [0.717, 1.165) is 0 Å². The van der Waals surface area contributed by atoms with E-state index in [0.29, 0.717) is 10.0 Å². The van der Waals surface area contributed by atoms with Crippen molar-refractivity contribution in [3.63, 3.8) is 0 Å². The van der Waals surface area contributed by atoms with Crippen molar-refractivity contribution in [2.24, 2.45) is 0 Å². The maximum Gasteiger partial charge on any atom is 0.315 e. The molecule has 0 aliphatic heterocycles. The number of rotatable bonds is 6. The number of halogens is 2. The number of carbonyl (C=O) groups is 1. The third kappa shape index (κ3) is 4.59. The Morgan fingerprint density at radius 1 is 1.21 bits per heavy atom. The zero-order valence-corrected chi connectivity index (χ0v) is 14.1. The molecular weight excluding hydrogens is 357 g/mol. The smallest absolute Gasteiger partial charge is 0.315 e. The minimum Gasteiger partial charge on any atom is -0.466 e. The Morgan fingerprint density at radius 3 is 2.46 bits per heavy atom. The van der Waals surface area contributed by atoms with E-state index in [-0.39, 0.29) is 35.8 Å². The summed E-state index contributed by atoms with van der Waals surface area (Å²) in [5.74, 6) is -0.312. The van der Waals surface area contributed by atoms with Crippen molar-refractivity contribution >= 4 is 34.9 Å². The number of carbonyl (C=O) groups excluding carboxylic acids is 1. The van der Waals surface area contributed by atoms with Crippen molar-refractivity contribution in [1.29, 1.82) is 0 Å². The van der Waals surface area contributed by atoms with Crippen LogP contribution in [0.1, 0.15) is 12.5 Å². The van der Waals surface area contributed by atoms with Crippen LogP contribution in [0.25, 0.3) is 0 Å². The zero-order chi connectivity index (χ0) is 17.7. The highest BCUT2D eigenvalue weighted by molar-refractivity contribution is 6.34. The first kappa shape index (κ1) is 18.0. The summed E-state index contributed by atoms with van der Waals surface area (Å²) in [5.41, 5.74) is -0.106. The summed E-state index contributed by atoms with van der Waals surface area (Å²) in [5, 5.41) is 12.1. The Kier molecular flexibility index (Phi) is 6.00. The largest absolute Gasteiger partial charge is 0.466 e. The molecule has 0 atom stereocenters. The molecule has 2 aromatic rings. The topological polar surface area (TPSA) is 78.7 Å². The van der Waals surface area contributed by atoms with E-state index in [4.69, 9.17) is 32.7 Å². The lowest BCUT2D eigenvalue weighted by molar-refractivity contribution is -0.386. The summed E-state index contributed by atoms with van der Waals surface area (Å²) < 4.78 is 10.4. The molecule has 0 fully saturated rings. The van der Waals surface area contributed by atoms with Crippen LogP contribution < -0.4 is 4.74 Å². The predicted octanol–water partition coefficient (Wildman–Crippen LogP) is 4.80. The van der Waals surface area contributed by atoms with Gasteiger partial charge in [0, 0.05) is 15.6 Å². The van der Waals surface area contributed by atoms with Gasteiger partial charge in [-0.25, -0.2) is 0 Å². The number of para-hydroxylation sites is 1. The second kappa shape index (κ2) is 7.99. The maximum absolute atomic E-state index is 11.6. The van der Waals surface area contributed by atoms with E-state index in [1.807, 2.05) is 0 Å². The Hall–Kier alpha value is -2.31. The van der Waals surface area contributed by atoms with Crippen LogP contribution in [0.2, 0.25) is 10.0 Å². The van der Waals surface area contributed by atoms with Gasteiger partial charge in [-0.15, -0.1) is 0 Å². The van der Waals surface area contributed by atoms with Gasteiger partial charge in [-0.2, -0.15) is 0 Å². The van der Waals surface area contributed by atoms with Gasteiger partial charge in [0.2, 0.25) is 5.75 Å². The summed E-state index contributed by atoms with van der Waals surface area (Å²) in [4.78, 5) is 22.5. The van der Waals surface area contributed by atoms with Crippen molar-refractivity contribution in [1.82, 2.24) is 0 Å². The number of nitrogens with zero attached hydrogens (tertiary/aromatic N) is 1. The van der Waals surface area contributed by atoms with Gasteiger partial charge in [-0.1, -0.05) is 35.3 Å². The highest BCUT2D eigenvalue weighted by atomic mass is 35.5. The average molecular weight is 370 g/mol. The normalized spacial score (nSPS) is 10.3. The van der Waals surface area contributed by atoms with Gasteiger partial charge in [0.1, 0.15) is 5.75 Å². The van der Waals surface area contributed by atoms with Crippen LogP contribution in [-0.2, 0) is 16.0 Å². The zero-order valence-electron chi connectivity index (χ0n) is 12.6. The molecule has 0 aliphatic carbocycles. The first-order chi connectivity index (χ1) is 11.4. The monoisotopic (exact) mass is 369 g/mol. The molecule has 126 valence electrons. The van der Waals surface area contributed by atoms with Crippen LogP contribution in [0.3, 0.4) is 0 Å². The first-order valence-corrected chi connectivity index (χ1v) is 7.72. The molecule has 2 rings (SSSR count). The lowest BCUT2D eigenvalue weighted by Crippen LogP contribution is -2.09. The molecule has 8 heteroatoms. The maximum atomic E-state index is 11.6. The fraction of sp³-hybridized carbons (Fsp3) is 0.188. The summed E-state index contributed by atoms with van der Waals surface area (Å²) in [6.07, 6.45) is -0.225. The highest BCUT2D eigenvalue weighted by Gasteiger charge is 2.23. The molecule has 0 radical (unpaired) electrons.